The molecule has 1 aliphatic rings. The van der Waals surface area contributed by atoms with E-state index in [1.54, 1.807) is 32.9 Å². The molecule has 0 fully saturated rings. The van der Waals surface area contributed by atoms with Gasteiger partial charge in [-0.05, 0) is 32.4 Å². The van der Waals surface area contributed by atoms with Crippen molar-refractivity contribution >= 4 is 11.8 Å². The van der Waals surface area contributed by atoms with E-state index in [-0.39, 0.29) is 23.3 Å². The number of benzene rings is 1. The molecule has 4 nitrogen and oxygen atoms in total. The molecular formula is C12H13NO3. The molecule has 2 amide bonds. The van der Waals surface area contributed by atoms with E-state index in [0.29, 0.717) is 11.1 Å². The Morgan fingerprint density at radius 2 is 1.81 bits per heavy atom. The topological polar surface area (TPSA) is 57.6 Å². The minimum atomic E-state index is -0.406. The summed E-state index contributed by atoms with van der Waals surface area (Å²) in [7, 11) is 0. The highest BCUT2D eigenvalue weighted by Crippen LogP contribution is 2.33. The van der Waals surface area contributed by atoms with Gasteiger partial charge in [-0.1, -0.05) is 6.07 Å². The first-order chi connectivity index (χ1) is 7.45. The Kier molecular flexibility index (Phi) is 2.22. The third-order valence-electron chi connectivity index (χ3n) is 2.78. The van der Waals surface area contributed by atoms with E-state index in [1.807, 2.05) is 0 Å². The third-order valence-corrected chi connectivity index (χ3v) is 2.78. The number of carbonyl (C=O) groups excluding carboxylic acids is 2. The van der Waals surface area contributed by atoms with Crippen molar-refractivity contribution in [1.29, 1.82) is 0 Å². The summed E-state index contributed by atoms with van der Waals surface area (Å²) in [4.78, 5) is 25.0. The fourth-order valence-electron chi connectivity index (χ4n) is 1.90. The minimum Gasteiger partial charge on any atom is -0.507 e. The molecule has 0 bridgehead atoms. The second-order valence-corrected chi connectivity index (χ2v) is 4.23. The molecule has 1 aliphatic heterocycles. The Morgan fingerprint density at radius 1 is 1.19 bits per heavy atom. The maximum Gasteiger partial charge on any atom is 0.265 e. The van der Waals surface area contributed by atoms with Gasteiger partial charge < -0.3 is 5.11 Å². The zero-order valence-electron chi connectivity index (χ0n) is 9.44. The quantitative estimate of drug-likeness (QED) is 0.731. The van der Waals surface area contributed by atoms with Gasteiger partial charge in [0, 0.05) is 6.04 Å². The van der Waals surface area contributed by atoms with E-state index in [9.17, 15) is 14.7 Å². The molecule has 1 heterocycles. The standard InChI is InChI=1S/C12H13NO3/c1-6(2)13-11(15)8-5-4-7(3)10(14)9(8)12(13)16/h4-6,14H,1-3H3. The molecule has 84 valence electrons. The predicted molar refractivity (Wildman–Crippen MR) is 58.5 cm³/mol. The molecule has 1 aromatic carbocycles. The highest BCUT2D eigenvalue weighted by molar-refractivity contribution is 6.22. The molecular weight excluding hydrogens is 206 g/mol. The number of imide groups is 1. The van der Waals surface area contributed by atoms with Crippen LogP contribution in [0.3, 0.4) is 0 Å². The Morgan fingerprint density at radius 3 is 2.38 bits per heavy atom. The van der Waals surface area contributed by atoms with Gasteiger partial charge in [-0.25, -0.2) is 0 Å². The first-order valence-corrected chi connectivity index (χ1v) is 5.15. The molecule has 1 N–H and O–H groups in total. The van der Waals surface area contributed by atoms with E-state index in [0.717, 1.165) is 0 Å². The third kappa shape index (κ3) is 1.23. The van der Waals surface area contributed by atoms with Crippen LogP contribution >= 0.6 is 0 Å². The van der Waals surface area contributed by atoms with Crippen molar-refractivity contribution in [2.45, 2.75) is 26.8 Å². The molecule has 2 rings (SSSR count). The highest BCUT2D eigenvalue weighted by Gasteiger charge is 2.39. The lowest BCUT2D eigenvalue weighted by atomic mass is 10.1. The van der Waals surface area contributed by atoms with Crippen LogP contribution in [0.5, 0.6) is 5.75 Å². The summed E-state index contributed by atoms with van der Waals surface area (Å²) in [6, 6.07) is 3.03. The van der Waals surface area contributed by atoms with Gasteiger partial charge in [-0.3, -0.25) is 14.5 Å². The number of phenols is 1. The molecule has 0 aliphatic carbocycles. The Bertz CT molecular complexity index is 491. The average Bonchev–Trinajstić information content (AvgIpc) is 2.45. The van der Waals surface area contributed by atoms with Crippen molar-refractivity contribution in [3.63, 3.8) is 0 Å². The van der Waals surface area contributed by atoms with Crippen LogP contribution < -0.4 is 0 Å². The largest absolute Gasteiger partial charge is 0.507 e. The molecule has 0 saturated heterocycles. The smallest absolute Gasteiger partial charge is 0.265 e. The summed E-state index contributed by atoms with van der Waals surface area (Å²) < 4.78 is 0. The molecule has 0 spiro atoms. The number of hydrogen-bond acceptors (Lipinski definition) is 3. The van der Waals surface area contributed by atoms with Crippen molar-refractivity contribution < 1.29 is 14.7 Å². The maximum absolute atomic E-state index is 12.0. The van der Waals surface area contributed by atoms with Crippen molar-refractivity contribution in [2.75, 3.05) is 0 Å². The van der Waals surface area contributed by atoms with Crippen LogP contribution in [0, 0.1) is 6.92 Å². The molecule has 0 aromatic heterocycles. The fourth-order valence-corrected chi connectivity index (χ4v) is 1.90. The van der Waals surface area contributed by atoms with E-state index >= 15 is 0 Å². The second-order valence-electron chi connectivity index (χ2n) is 4.23. The number of aryl methyl sites for hydroxylation is 1. The van der Waals surface area contributed by atoms with Crippen LogP contribution in [0.4, 0.5) is 0 Å². The van der Waals surface area contributed by atoms with Gasteiger partial charge in [-0.2, -0.15) is 0 Å². The van der Waals surface area contributed by atoms with Crippen LogP contribution in [0.15, 0.2) is 12.1 Å². The summed E-state index contributed by atoms with van der Waals surface area (Å²) in [5.41, 5.74) is 1.03. The van der Waals surface area contributed by atoms with Gasteiger partial charge in [0.25, 0.3) is 11.8 Å². The van der Waals surface area contributed by atoms with Crippen LogP contribution in [0.25, 0.3) is 0 Å². The lowest BCUT2D eigenvalue weighted by Gasteiger charge is -2.17. The molecule has 0 unspecified atom stereocenters. The first kappa shape index (κ1) is 10.7. The van der Waals surface area contributed by atoms with Crippen molar-refractivity contribution in [1.82, 2.24) is 4.90 Å². The SMILES string of the molecule is Cc1ccc2c(c1O)C(=O)N(C(C)C)C2=O. The number of hydrogen-bond donors (Lipinski definition) is 1. The van der Waals surface area contributed by atoms with Gasteiger partial charge in [0.15, 0.2) is 0 Å². The Labute approximate surface area is 93.5 Å². The summed E-state index contributed by atoms with van der Waals surface area (Å²) >= 11 is 0. The number of rotatable bonds is 1. The van der Waals surface area contributed by atoms with Crippen LogP contribution in [0.1, 0.15) is 40.1 Å². The number of phenolic OH excluding ortho intramolecular Hbond substituents is 1. The number of nitrogens with zero attached hydrogens (tertiary/aromatic N) is 1. The van der Waals surface area contributed by atoms with Gasteiger partial charge in [-0.15, -0.1) is 0 Å². The van der Waals surface area contributed by atoms with Gasteiger partial charge >= 0.3 is 0 Å². The fraction of sp³-hybridized carbons (Fsp3) is 0.333. The zero-order chi connectivity index (χ0) is 12.0. The molecule has 0 atom stereocenters. The summed E-state index contributed by atoms with van der Waals surface area (Å²) in [6.45, 7) is 5.24. The van der Waals surface area contributed by atoms with Crippen molar-refractivity contribution in [2.24, 2.45) is 0 Å². The second kappa shape index (κ2) is 3.33. The van der Waals surface area contributed by atoms with E-state index in [1.165, 1.54) is 4.90 Å². The minimum absolute atomic E-state index is 0.0843. The Hall–Kier alpha value is -1.84. The Balaban J connectivity index is 2.65. The predicted octanol–water partition coefficient (Wildman–Crippen LogP) is 1.71. The molecule has 1 aromatic rings. The normalized spacial score (nSPS) is 14.9. The first-order valence-electron chi connectivity index (χ1n) is 5.15. The van der Waals surface area contributed by atoms with Gasteiger partial charge in [0.05, 0.1) is 11.1 Å². The zero-order valence-corrected chi connectivity index (χ0v) is 9.44. The summed E-state index contributed by atoms with van der Waals surface area (Å²) in [5, 5.41) is 9.81. The molecule has 0 saturated carbocycles. The summed E-state index contributed by atoms with van der Waals surface area (Å²) in [5.74, 6) is -0.819. The molecule has 0 radical (unpaired) electrons. The highest BCUT2D eigenvalue weighted by atomic mass is 16.3. The van der Waals surface area contributed by atoms with Gasteiger partial charge in [0.2, 0.25) is 0 Å². The number of amides is 2. The van der Waals surface area contributed by atoms with Crippen LogP contribution in [-0.2, 0) is 0 Å². The van der Waals surface area contributed by atoms with Gasteiger partial charge in [0.1, 0.15) is 5.75 Å². The molecule has 16 heavy (non-hydrogen) atoms. The van der Waals surface area contributed by atoms with E-state index < -0.39 is 5.91 Å². The van der Waals surface area contributed by atoms with Crippen LogP contribution in [-0.4, -0.2) is 27.9 Å². The number of aromatic hydroxyl groups is 1. The van der Waals surface area contributed by atoms with E-state index in [4.69, 9.17) is 0 Å². The lowest BCUT2D eigenvalue weighted by molar-refractivity contribution is 0.0608. The van der Waals surface area contributed by atoms with E-state index in [2.05, 4.69) is 0 Å². The molecule has 4 heteroatoms. The number of fused-ring (bicyclic) bond motifs is 1. The van der Waals surface area contributed by atoms with Crippen molar-refractivity contribution in [3.05, 3.63) is 28.8 Å². The lowest BCUT2D eigenvalue weighted by Crippen LogP contribution is -2.35. The van der Waals surface area contributed by atoms with Crippen LogP contribution in [0.2, 0.25) is 0 Å². The maximum atomic E-state index is 12.0. The summed E-state index contributed by atoms with van der Waals surface area (Å²) in [6.07, 6.45) is 0. The average molecular weight is 219 g/mol. The monoisotopic (exact) mass is 219 g/mol. The van der Waals surface area contributed by atoms with Crippen molar-refractivity contribution in [3.8, 4) is 5.75 Å². The number of carbonyl (C=O) groups is 2.